The van der Waals surface area contributed by atoms with Gasteiger partial charge >= 0.3 is 12.1 Å². The molecule has 1 amide bonds. The lowest BCUT2D eigenvalue weighted by Crippen LogP contribution is -2.23. The summed E-state index contributed by atoms with van der Waals surface area (Å²) < 4.78 is 9.97. The second kappa shape index (κ2) is 7.47. The molecule has 19 heavy (non-hydrogen) atoms. The predicted octanol–water partition coefficient (Wildman–Crippen LogP) is 3.04. The second-order valence-electron chi connectivity index (χ2n) is 3.35. The van der Waals surface area contributed by atoms with Crippen LogP contribution in [0.25, 0.3) is 0 Å². The smallest absolute Gasteiger partial charge is 0.428 e. The molecule has 0 atom stereocenters. The molecule has 0 aromatic heterocycles. The molecule has 0 saturated heterocycles. The molecule has 102 valence electrons. The molecule has 1 aromatic rings. The van der Waals surface area contributed by atoms with E-state index in [1.807, 2.05) is 0 Å². The topological polar surface area (TPSA) is 80.6 Å². The third-order valence-electron chi connectivity index (χ3n) is 1.83. The Kier molecular flexibility index (Phi) is 5.94. The lowest BCUT2D eigenvalue weighted by molar-refractivity contribution is -0.149. The Balaban J connectivity index is 2.44. The van der Waals surface area contributed by atoms with Gasteiger partial charge in [0.05, 0.1) is 5.69 Å². The van der Waals surface area contributed by atoms with Gasteiger partial charge in [-0.2, -0.15) is 5.01 Å². The summed E-state index contributed by atoms with van der Waals surface area (Å²) in [5.41, 5.74) is 0.586. The first-order valence-electron chi connectivity index (χ1n) is 5.20. The van der Waals surface area contributed by atoms with Gasteiger partial charge in [0.25, 0.3) is 0 Å². The highest BCUT2D eigenvalue weighted by atomic mass is 79.9. The minimum Gasteiger partial charge on any atom is -0.428 e. The first kappa shape index (κ1) is 15.1. The van der Waals surface area contributed by atoms with Gasteiger partial charge in [0, 0.05) is 18.4 Å². The van der Waals surface area contributed by atoms with Gasteiger partial charge in [-0.1, -0.05) is 21.2 Å². The summed E-state index contributed by atoms with van der Waals surface area (Å²) in [4.78, 5) is 21.8. The molecule has 0 heterocycles. The van der Waals surface area contributed by atoms with Crippen molar-refractivity contribution in [3.8, 4) is 0 Å². The van der Waals surface area contributed by atoms with Crippen LogP contribution in [0.15, 0.2) is 39.1 Å². The van der Waals surface area contributed by atoms with Gasteiger partial charge in [0.1, 0.15) is 0 Å². The number of rotatable bonds is 4. The number of esters is 1. The summed E-state index contributed by atoms with van der Waals surface area (Å²) in [6.07, 6.45) is -0.776. The number of carbonyl (C=O) groups is 2. The summed E-state index contributed by atoms with van der Waals surface area (Å²) in [6, 6.07) is 7.05. The average Bonchev–Trinajstić information content (AvgIpc) is 2.37. The molecule has 0 N–H and O–H groups in total. The molecule has 0 fully saturated rings. The number of ether oxygens (including phenoxy) is 2. The molecular formula is C11H12BrN3O4. The number of amides is 1. The van der Waals surface area contributed by atoms with Crippen molar-refractivity contribution in [1.29, 1.82) is 0 Å². The van der Waals surface area contributed by atoms with Crippen LogP contribution in [-0.4, -0.2) is 30.9 Å². The third-order valence-corrected chi connectivity index (χ3v) is 2.36. The van der Waals surface area contributed by atoms with Crippen LogP contribution in [0.4, 0.5) is 10.5 Å². The number of benzene rings is 1. The Morgan fingerprint density at radius 1 is 1.26 bits per heavy atom. The summed E-state index contributed by atoms with van der Waals surface area (Å²) >= 11 is 3.29. The number of carbonyl (C=O) groups excluding carboxylic acids is 2. The van der Waals surface area contributed by atoms with Crippen molar-refractivity contribution < 1.29 is 19.1 Å². The highest BCUT2D eigenvalue weighted by Gasteiger charge is 2.09. The Labute approximate surface area is 118 Å². The summed E-state index contributed by atoms with van der Waals surface area (Å²) in [5.74, 6) is -0.535. The van der Waals surface area contributed by atoms with Crippen LogP contribution in [0.5, 0.6) is 0 Å². The SMILES string of the molecule is CC(=O)OCOC(=O)N(C)N=Nc1ccc(Br)cc1. The van der Waals surface area contributed by atoms with Gasteiger partial charge < -0.3 is 9.47 Å². The number of halogens is 1. The van der Waals surface area contributed by atoms with Gasteiger partial charge in [0.2, 0.25) is 6.79 Å². The van der Waals surface area contributed by atoms with Gasteiger partial charge in [-0.05, 0) is 24.3 Å². The standard InChI is InChI=1S/C11H12BrN3O4/c1-8(16)18-7-19-11(17)15(2)14-13-10-5-3-9(12)4-6-10/h3-6H,7H2,1-2H3. The van der Waals surface area contributed by atoms with Crippen LogP contribution in [0.1, 0.15) is 6.92 Å². The highest BCUT2D eigenvalue weighted by molar-refractivity contribution is 9.10. The molecule has 0 aliphatic heterocycles. The first-order valence-corrected chi connectivity index (χ1v) is 5.99. The Morgan fingerprint density at radius 3 is 2.47 bits per heavy atom. The Bertz CT molecular complexity index is 475. The van der Waals surface area contributed by atoms with Crippen LogP contribution in [-0.2, 0) is 14.3 Å². The summed E-state index contributed by atoms with van der Waals surface area (Å²) in [7, 11) is 1.37. The minimum absolute atomic E-state index is 0.452. The molecule has 0 bridgehead atoms. The molecule has 0 unspecified atom stereocenters. The van der Waals surface area contributed by atoms with Crippen LogP contribution in [0.2, 0.25) is 0 Å². The van der Waals surface area contributed by atoms with E-state index in [2.05, 4.69) is 35.7 Å². The lowest BCUT2D eigenvalue weighted by Gasteiger charge is -2.09. The van der Waals surface area contributed by atoms with E-state index in [0.717, 1.165) is 9.48 Å². The van der Waals surface area contributed by atoms with Crippen molar-refractivity contribution in [3.05, 3.63) is 28.7 Å². The molecule has 8 heteroatoms. The first-order chi connectivity index (χ1) is 8.99. The lowest BCUT2D eigenvalue weighted by atomic mass is 10.3. The van der Waals surface area contributed by atoms with E-state index in [-0.39, 0.29) is 0 Å². The van der Waals surface area contributed by atoms with Crippen molar-refractivity contribution in [2.24, 2.45) is 10.3 Å². The van der Waals surface area contributed by atoms with E-state index in [1.165, 1.54) is 14.0 Å². The fourth-order valence-electron chi connectivity index (χ4n) is 0.919. The van der Waals surface area contributed by atoms with Crippen molar-refractivity contribution in [3.63, 3.8) is 0 Å². The molecule has 0 aliphatic rings. The molecule has 0 aliphatic carbocycles. The fraction of sp³-hybridized carbons (Fsp3) is 0.273. The van der Waals surface area contributed by atoms with Crippen LogP contribution in [0, 0.1) is 0 Å². The molecular weight excluding hydrogens is 318 g/mol. The molecule has 0 saturated carbocycles. The zero-order valence-electron chi connectivity index (χ0n) is 10.4. The zero-order valence-corrected chi connectivity index (χ0v) is 12.0. The van der Waals surface area contributed by atoms with Crippen LogP contribution < -0.4 is 0 Å². The largest absolute Gasteiger partial charge is 0.434 e. The van der Waals surface area contributed by atoms with Gasteiger partial charge in [-0.3, -0.25) is 4.79 Å². The van der Waals surface area contributed by atoms with Crippen LogP contribution in [0.3, 0.4) is 0 Å². The summed E-state index contributed by atoms with van der Waals surface area (Å²) in [6.45, 7) is 0.761. The molecule has 7 nitrogen and oxygen atoms in total. The Hall–Kier alpha value is -1.96. The zero-order chi connectivity index (χ0) is 14.3. The van der Waals surface area contributed by atoms with Crippen molar-refractivity contribution in [1.82, 2.24) is 5.01 Å². The normalized spacial score (nSPS) is 10.3. The maximum Gasteiger partial charge on any atom is 0.434 e. The Morgan fingerprint density at radius 2 is 1.89 bits per heavy atom. The van der Waals surface area contributed by atoms with E-state index in [9.17, 15) is 9.59 Å². The number of hydrogen-bond donors (Lipinski definition) is 0. The highest BCUT2D eigenvalue weighted by Crippen LogP contribution is 2.17. The van der Waals surface area contributed by atoms with E-state index in [4.69, 9.17) is 0 Å². The van der Waals surface area contributed by atoms with Gasteiger partial charge in [-0.25, -0.2) is 4.79 Å². The molecule has 0 spiro atoms. The minimum atomic E-state index is -0.776. The monoisotopic (exact) mass is 329 g/mol. The van der Waals surface area contributed by atoms with E-state index in [1.54, 1.807) is 24.3 Å². The molecule has 1 aromatic carbocycles. The average molecular weight is 330 g/mol. The summed E-state index contributed by atoms with van der Waals surface area (Å²) in [5, 5.41) is 8.38. The van der Waals surface area contributed by atoms with Crippen molar-refractivity contribution in [2.75, 3.05) is 13.8 Å². The molecule has 1 rings (SSSR count). The number of nitrogens with zero attached hydrogens (tertiary/aromatic N) is 3. The predicted molar refractivity (Wildman–Crippen MR) is 69.5 cm³/mol. The number of hydrogen-bond acceptors (Lipinski definition) is 6. The van der Waals surface area contributed by atoms with E-state index >= 15 is 0 Å². The van der Waals surface area contributed by atoms with E-state index < -0.39 is 18.9 Å². The van der Waals surface area contributed by atoms with Crippen molar-refractivity contribution >= 4 is 33.7 Å². The van der Waals surface area contributed by atoms with Crippen LogP contribution >= 0.6 is 15.9 Å². The fourth-order valence-corrected chi connectivity index (χ4v) is 1.18. The van der Waals surface area contributed by atoms with Crippen molar-refractivity contribution in [2.45, 2.75) is 6.92 Å². The molecule has 0 radical (unpaired) electrons. The maximum atomic E-state index is 11.4. The van der Waals surface area contributed by atoms with Gasteiger partial charge in [0.15, 0.2) is 0 Å². The van der Waals surface area contributed by atoms with Gasteiger partial charge in [-0.15, -0.1) is 5.11 Å². The quantitative estimate of drug-likeness (QED) is 0.368. The third kappa shape index (κ3) is 5.96. The maximum absolute atomic E-state index is 11.4. The van der Waals surface area contributed by atoms with E-state index in [0.29, 0.717) is 5.69 Å². The second-order valence-corrected chi connectivity index (χ2v) is 4.27.